The smallest absolute Gasteiger partial charge is 0.337 e. The number of rotatable bonds is 5. The first-order valence-electron chi connectivity index (χ1n) is 5.77. The van der Waals surface area contributed by atoms with Crippen molar-refractivity contribution in [1.29, 1.82) is 0 Å². The van der Waals surface area contributed by atoms with Crippen LogP contribution in [0, 0.1) is 0 Å². The number of thiophene rings is 1. The molecule has 2 aromatic rings. The van der Waals surface area contributed by atoms with Crippen molar-refractivity contribution in [3.8, 4) is 0 Å². The van der Waals surface area contributed by atoms with Gasteiger partial charge in [-0.15, -0.1) is 11.3 Å². The maximum Gasteiger partial charge on any atom is 0.337 e. The van der Waals surface area contributed by atoms with Crippen LogP contribution in [0.25, 0.3) is 11.6 Å². The van der Waals surface area contributed by atoms with Gasteiger partial charge >= 0.3 is 5.97 Å². The van der Waals surface area contributed by atoms with Gasteiger partial charge in [-0.1, -0.05) is 24.3 Å². The summed E-state index contributed by atoms with van der Waals surface area (Å²) in [5.74, 6) is -0.917. The van der Waals surface area contributed by atoms with E-state index in [0.29, 0.717) is 12.2 Å². The van der Waals surface area contributed by atoms with Crippen molar-refractivity contribution in [2.24, 2.45) is 0 Å². The second kappa shape index (κ2) is 6.31. The summed E-state index contributed by atoms with van der Waals surface area (Å²) in [6.07, 6.45) is 1.69. The molecule has 0 atom stereocenters. The summed E-state index contributed by atoms with van der Waals surface area (Å²) in [7, 11) is 1.64. The predicted octanol–water partition coefficient (Wildman–Crippen LogP) is 3.52. The minimum Gasteiger partial charge on any atom is -0.478 e. The third-order valence-electron chi connectivity index (χ3n) is 2.59. The summed E-state index contributed by atoms with van der Waals surface area (Å²) in [4.78, 5) is 12.1. The lowest BCUT2D eigenvalue weighted by Crippen LogP contribution is -1.97. The maximum absolute atomic E-state index is 11.3. The van der Waals surface area contributed by atoms with E-state index in [1.165, 1.54) is 11.3 Å². The Bertz CT molecular complexity index is 585. The number of carbonyl (C=O) groups is 1. The largest absolute Gasteiger partial charge is 0.478 e. The van der Waals surface area contributed by atoms with Crippen LogP contribution in [-0.4, -0.2) is 18.2 Å². The molecule has 4 heteroatoms. The Hall–Kier alpha value is -1.91. The molecule has 0 aliphatic carbocycles. The van der Waals surface area contributed by atoms with Gasteiger partial charge in [0.15, 0.2) is 0 Å². The molecule has 0 bridgehead atoms. The van der Waals surface area contributed by atoms with Crippen LogP contribution in [0.15, 0.2) is 41.8 Å². The molecule has 0 spiro atoms. The number of ether oxygens (including phenoxy) is 1. The van der Waals surface area contributed by atoms with Crippen molar-refractivity contribution in [3.05, 3.63) is 57.8 Å². The minimum absolute atomic E-state index is 0.310. The molecular formula is C15H14O3S. The average Bonchev–Trinajstić information content (AvgIpc) is 2.90. The molecule has 0 amide bonds. The Morgan fingerprint density at radius 1 is 1.37 bits per heavy atom. The molecule has 0 radical (unpaired) electrons. The van der Waals surface area contributed by atoms with Crippen LogP contribution < -0.4 is 0 Å². The van der Waals surface area contributed by atoms with Gasteiger partial charge in [0.25, 0.3) is 0 Å². The number of carboxylic acids is 1. The van der Waals surface area contributed by atoms with Crippen molar-refractivity contribution in [3.63, 3.8) is 0 Å². The molecule has 19 heavy (non-hydrogen) atoms. The molecule has 1 aromatic carbocycles. The van der Waals surface area contributed by atoms with E-state index >= 15 is 0 Å². The molecule has 0 saturated carbocycles. The number of benzene rings is 1. The zero-order valence-electron chi connectivity index (χ0n) is 10.5. The van der Waals surface area contributed by atoms with E-state index in [0.717, 1.165) is 16.0 Å². The molecule has 98 valence electrons. The average molecular weight is 274 g/mol. The van der Waals surface area contributed by atoms with Crippen LogP contribution in [0.2, 0.25) is 0 Å². The Morgan fingerprint density at radius 3 is 2.84 bits per heavy atom. The summed E-state index contributed by atoms with van der Waals surface area (Å²) in [6, 6.07) is 11.3. The van der Waals surface area contributed by atoms with Crippen molar-refractivity contribution >= 4 is 29.0 Å². The highest BCUT2D eigenvalue weighted by Crippen LogP contribution is 2.23. The zero-order valence-corrected chi connectivity index (χ0v) is 11.3. The van der Waals surface area contributed by atoms with E-state index in [1.54, 1.807) is 13.2 Å². The monoisotopic (exact) mass is 274 g/mol. The van der Waals surface area contributed by atoms with Gasteiger partial charge in [0, 0.05) is 12.0 Å². The highest BCUT2D eigenvalue weighted by atomic mass is 32.1. The van der Waals surface area contributed by atoms with Gasteiger partial charge in [-0.25, -0.2) is 4.79 Å². The quantitative estimate of drug-likeness (QED) is 0.849. The molecule has 0 fully saturated rings. The van der Waals surface area contributed by atoms with Crippen LogP contribution in [0.1, 0.15) is 16.0 Å². The summed E-state index contributed by atoms with van der Waals surface area (Å²) < 4.78 is 5.07. The van der Waals surface area contributed by atoms with E-state index in [-0.39, 0.29) is 0 Å². The topological polar surface area (TPSA) is 46.5 Å². The Kier molecular flexibility index (Phi) is 4.49. The van der Waals surface area contributed by atoms with Crippen LogP contribution in [-0.2, 0) is 16.1 Å². The number of hydrogen-bond acceptors (Lipinski definition) is 3. The summed E-state index contributed by atoms with van der Waals surface area (Å²) in [5, 5.41) is 11.2. The second-order valence-corrected chi connectivity index (χ2v) is 4.97. The number of carboxylic acid groups (broad SMARTS) is 1. The first-order chi connectivity index (χ1) is 9.20. The fourth-order valence-electron chi connectivity index (χ4n) is 1.78. The minimum atomic E-state index is -0.917. The van der Waals surface area contributed by atoms with E-state index in [9.17, 15) is 9.90 Å². The van der Waals surface area contributed by atoms with Crippen LogP contribution >= 0.6 is 11.3 Å². The lowest BCUT2D eigenvalue weighted by molar-refractivity contribution is -0.130. The highest BCUT2D eigenvalue weighted by molar-refractivity contribution is 7.11. The van der Waals surface area contributed by atoms with E-state index in [1.807, 2.05) is 41.8 Å². The second-order valence-electron chi connectivity index (χ2n) is 4.02. The van der Waals surface area contributed by atoms with Gasteiger partial charge in [0.05, 0.1) is 12.2 Å². The number of hydrogen-bond donors (Lipinski definition) is 1. The molecule has 0 saturated heterocycles. The maximum atomic E-state index is 11.3. The van der Waals surface area contributed by atoms with Gasteiger partial charge in [-0.3, -0.25) is 0 Å². The molecule has 0 aliphatic rings. The Balaban J connectivity index is 2.36. The molecule has 0 unspecified atom stereocenters. The molecule has 1 heterocycles. The lowest BCUT2D eigenvalue weighted by Gasteiger charge is -2.03. The first-order valence-corrected chi connectivity index (χ1v) is 6.65. The third-order valence-corrected chi connectivity index (χ3v) is 3.49. The van der Waals surface area contributed by atoms with Crippen molar-refractivity contribution in [1.82, 2.24) is 0 Å². The van der Waals surface area contributed by atoms with Gasteiger partial charge < -0.3 is 9.84 Å². The predicted molar refractivity (Wildman–Crippen MR) is 77.0 cm³/mol. The third kappa shape index (κ3) is 3.53. The summed E-state index contributed by atoms with van der Waals surface area (Å²) in [6.45, 7) is 0.517. The SMILES string of the molecule is COCc1cccc(C=C(C(=O)O)c2cccs2)c1. The van der Waals surface area contributed by atoms with E-state index in [4.69, 9.17) is 4.74 Å². The van der Waals surface area contributed by atoms with E-state index < -0.39 is 5.97 Å². The fourth-order valence-corrected chi connectivity index (χ4v) is 2.51. The van der Waals surface area contributed by atoms with Crippen molar-refractivity contribution in [2.75, 3.05) is 7.11 Å². The molecule has 1 N–H and O–H groups in total. The summed E-state index contributed by atoms with van der Waals surface area (Å²) >= 11 is 1.42. The highest BCUT2D eigenvalue weighted by Gasteiger charge is 2.11. The van der Waals surface area contributed by atoms with Gasteiger partial charge in [-0.2, -0.15) is 0 Å². The molecule has 0 aliphatic heterocycles. The fraction of sp³-hybridized carbons (Fsp3) is 0.133. The standard InChI is InChI=1S/C15H14O3S/c1-18-10-12-5-2-4-11(8-12)9-13(15(16)17)14-6-3-7-19-14/h2-9H,10H2,1H3,(H,16,17). The van der Waals surface area contributed by atoms with Gasteiger partial charge in [-0.05, 0) is 34.7 Å². The molecule has 3 nitrogen and oxygen atoms in total. The molecule has 2 rings (SSSR count). The molecular weight excluding hydrogens is 260 g/mol. The first kappa shape index (κ1) is 13.5. The summed E-state index contributed by atoms with van der Waals surface area (Å²) in [5.41, 5.74) is 2.19. The van der Waals surface area contributed by atoms with Gasteiger partial charge in [0.1, 0.15) is 0 Å². The molecule has 1 aromatic heterocycles. The van der Waals surface area contributed by atoms with Crippen LogP contribution in [0.5, 0.6) is 0 Å². The Morgan fingerprint density at radius 2 is 2.21 bits per heavy atom. The van der Waals surface area contributed by atoms with E-state index in [2.05, 4.69) is 0 Å². The lowest BCUT2D eigenvalue weighted by atomic mass is 10.1. The van der Waals surface area contributed by atoms with Crippen molar-refractivity contribution in [2.45, 2.75) is 6.61 Å². The zero-order chi connectivity index (χ0) is 13.7. The van der Waals surface area contributed by atoms with Crippen LogP contribution in [0.4, 0.5) is 0 Å². The van der Waals surface area contributed by atoms with Crippen molar-refractivity contribution < 1.29 is 14.6 Å². The van der Waals surface area contributed by atoms with Gasteiger partial charge in [0.2, 0.25) is 0 Å². The van der Waals surface area contributed by atoms with Crippen LogP contribution in [0.3, 0.4) is 0 Å². The number of methoxy groups -OCH3 is 1. The number of aliphatic carboxylic acids is 1. The Labute approximate surface area is 115 Å². The normalized spacial score (nSPS) is 11.5.